The van der Waals surface area contributed by atoms with Crippen molar-refractivity contribution in [3.63, 3.8) is 0 Å². The molecule has 1 aromatic rings. The van der Waals surface area contributed by atoms with E-state index in [1.54, 1.807) is 14.0 Å². The van der Waals surface area contributed by atoms with Gasteiger partial charge in [-0.05, 0) is 37.8 Å². The Morgan fingerprint density at radius 2 is 2.39 bits per heavy atom. The lowest BCUT2D eigenvalue weighted by molar-refractivity contribution is 0.143. The monoisotopic (exact) mass is 250 g/mol. The van der Waals surface area contributed by atoms with E-state index in [1.165, 1.54) is 12.8 Å². The zero-order chi connectivity index (χ0) is 13.0. The van der Waals surface area contributed by atoms with Crippen molar-refractivity contribution in [1.29, 1.82) is 0 Å². The second-order valence-electron chi connectivity index (χ2n) is 5.03. The van der Waals surface area contributed by atoms with Crippen molar-refractivity contribution in [2.75, 3.05) is 31.7 Å². The Morgan fingerprint density at radius 1 is 1.56 bits per heavy atom. The molecule has 4 heteroatoms. The van der Waals surface area contributed by atoms with E-state index in [1.807, 2.05) is 18.3 Å². The smallest absolute Gasteiger partial charge is 0.0931 e. The quantitative estimate of drug-likeness (QED) is 0.887. The van der Waals surface area contributed by atoms with Crippen molar-refractivity contribution < 1.29 is 9.84 Å². The highest BCUT2D eigenvalue weighted by atomic mass is 16.5. The molecule has 0 aromatic carbocycles. The van der Waals surface area contributed by atoms with Crippen LogP contribution in [0.4, 0.5) is 5.69 Å². The number of ether oxygens (including phenoxy) is 1. The number of pyridine rings is 1. The van der Waals surface area contributed by atoms with E-state index in [9.17, 15) is 5.11 Å². The number of methoxy groups -OCH3 is 1. The Bertz CT molecular complexity index is 363. The molecule has 0 saturated carbocycles. The zero-order valence-electron chi connectivity index (χ0n) is 11.2. The fourth-order valence-electron chi connectivity index (χ4n) is 2.50. The summed E-state index contributed by atoms with van der Waals surface area (Å²) in [6, 6.07) is 3.95. The third-order valence-corrected chi connectivity index (χ3v) is 3.49. The van der Waals surface area contributed by atoms with Crippen LogP contribution in [0.25, 0.3) is 0 Å². The molecule has 0 aliphatic carbocycles. The first-order valence-electron chi connectivity index (χ1n) is 6.58. The zero-order valence-corrected chi connectivity index (χ0v) is 11.2. The van der Waals surface area contributed by atoms with Gasteiger partial charge >= 0.3 is 0 Å². The van der Waals surface area contributed by atoms with E-state index >= 15 is 0 Å². The summed E-state index contributed by atoms with van der Waals surface area (Å²) in [7, 11) is 1.76. The Kier molecular flexibility index (Phi) is 4.55. The summed E-state index contributed by atoms with van der Waals surface area (Å²) in [5.74, 6) is 0.611. The Hall–Kier alpha value is -1.13. The van der Waals surface area contributed by atoms with Gasteiger partial charge in [-0.2, -0.15) is 0 Å². The van der Waals surface area contributed by atoms with Crippen LogP contribution in [0.5, 0.6) is 0 Å². The van der Waals surface area contributed by atoms with Crippen LogP contribution in [0.1, 0.15) is 31.6 Å². The van der Waals surface area contributed by atoms with E-state index in [-0.39, 0.29) is 0 Å². The number of piperidine rings is 1. The van der Waals surface area contributed by atoms with Crippen molar-refractivity contribution in [3.05, 3.63) is 24.0 Å². The average Bonchev–Trinajstić information content (AvgIpc) is 2.39. The molecule has 4 nitrogen and oxygen atoms in total. The molecule has 1 aliphatic heterocycles. The van der Waals surface area contributed by atoms with Crippen molar-refractivity contribution >= 4 is 5.69 Å². The largest absolute Gasteiger partial charge is 0.387 e. The van der Waals surface area contributed by atoms with Crippen molar-refractivity contribution in [2.45, 2.75) is 25.9 Å². The van der Waals surface area contributed by atoms with Crippen LogP contribution >= 0.6 is 0 Å². The molecule has 2 heterocycles. The molecule has 0 bridgehead atoms. The number of hydrogen-bond acceptors (Lipinski definition) is 4. The summed E-state index contributed by atoms with van der Waals surface area (Å²) < 4.78 is 5.24. The van der Waals surface area contributed by atoms with Crippen LogP contribution in [0.2, 0.25) is 0 Å². The van der Waals surface area contributed by atoms with Crippen LogP contribution in [-0.4, -0.2) is 36.9 Å². The lowest BCUT2D eigenvalue weighted by Gasteiger charge is -2.34. The molecule has 1 saturated heterocycles. The third kappa shape index (κ3) is 3.21. The first kappa shape index (κ1) is 13.3. The predicted octanol–water partition coefficient (Wildman–Crippen LogP) is 2.00. The molecule has 1 aromatic heterocycles. The van der Waals surface area contributed by atoms with Crippen molar-refractivity contribution in [2.24, 2.45) is 5.92 Å². The van der Waals surface area contributed by atoms with Gasteiger partial charge in [0.25, 0.3) is 0 Å². The highest BCUT2D eigenvalue weighted by molar-refractivity contribution is 5.45. The predicted molar refractivity (Wildman–Crippen MR) is 71.7 cm³/mol. The maximum absolute atomic E-state index is 9.44. The average molecular weight is 250 g/mol. The fraction of sp³-hybridized carbons (Fsp3) is 0.643. The topological polar surface area (TPSA) is 45.6 Å². The Morgan fingerprint density at radius 3 is 3.00 bits per heavy atom. The number of anilines is 1. The Balaban J connectivity index is 2.02. The number of aliphatic hydroxyl groups is 1. The maximum atomic E-state index is 9.44. The second kappa shape index (κ2) is 6.16. The molecule has 2 rings (SSSR count). The summed E-state index contributed by atoms with van der Waals surface area (Å²) in [6.45, 7) is 4.67. The molecule has 0 amide bonds. The van der Waals surface area contributed by atoms with E-state index in [4.69, 9.17) is 4.74 Å². The molecular formula is C14H22N2O2. The molecule has 0 radical (unpaired) electrons. The van der Waals surface area contributed by atoms with E-state index in [0.717, 1.165) is 31.1 Å². The van der Waals surface area contributed by atoms with Gasteiger partial charge in [0, 0.05) is 20.2 Å². The van der Waals surface area contributed by atoms with E-state index in [0.29, 0.717) is 5.92 Å². The molecule has 100 valence electrons. The van der Waals surface area contributed by atoms with Crippen LogP contribution in [0.15, 0.2) is 18.3 Å². The van der Waals surface area contributed by atoms with Gasteiger partial charge in [0.15, 0.2) is 0 Å². The van der Waals surface area contributed by atoms with Crippen LogP contribution < -0.4 is 4.90 Å². The van der Waals surface area contributed by atoms with Gasteiger partial charge in [-0.15, -0.1) is 0 Å². The lowest BCUT2D eigenvalue weighted by atomic mass is 9.98. The van der Waals surface area contributed by atoms with Gasteiger partial charge in [0.05, 0.1) is 30.3 Å². The summed E-state index contributed by atoms with van der Waals surface area (Å²) in [6.07, 6.45) is 3.80. The summed E-state index contributed by atoms with van der Waals surface area (Å²) in [5, 5.41) is 9.44. The van der Waals surface area contributed by atoms with Crippen LogP contribution in [-0.2, 0) is 4.74 Å². The van der Waals surface area contributed by atoms with Crippen LogP contribution in [0.3, 0.4) is 0 Å². The molecule has 0 spiro atoms. The molecule has 2 atom stereocenters. The van der Waals surface area contributed by atoms with Gasteiger partial charge in [0.1, 0.15) is 0 Å². The Labute approximate surface area is 109 Å². The van der Waals surface area contributed by atoms with E-state index < -0.39 is 6.10 Å². The second-order valence-corrected chi connectivity index (χ2v) is 5.03. The first-order chi connectivity index (χ1) is 8.70. The SMILES string of the molecule is COCC1CCCN(c2ccc([C@@H](C)O)nc2)C1. The number of aliphatic hydroxyl groups excluding tert-OH is 1. The fourth-order valence-corrected chi connectivity index (χ4v) is 2.50. The minimum Gasteiger partial charge on any atom is -0.387 e. The number of nitrogens with zero attached hydrogens (tertiary/aromatic N) is 2. The van der Waals surface area contributed by atoms with Gasteiger partial charge in [-0.3, -0.25) is 4.98 Å². The van der Waals surface area contributed by atoms with E-state index in [2.05, 4.69) is 9.88 Å². The van der Waals surface area contributed by atoms with Gasteiger partial charge in [-0.1, -0.05) is 0 Å². The minimum absolute atomic E-state index is 0.498. The molecule has 1 N–H and O–H groups in total. The normalized spacial score (nSPS) is 21.9. The van der Waals surface area contributed by atoms with Gasteiger partial charge < -0.3 is 14.7 Å². The molecular weight excluding hydrogens is 228 g/mol. The highest BCUT2D eigenvalue weighted by Crippen LogP contribution is 2.23. The van der Waals surface area contributed by atoms with Crippen molar-refractivity contribution in [1.82, 2.24) is 4.98 Å². The standard InChI is InChI=1S/C14H22N2O2/c1-11(17)14-6-5-13(8-15-14)16-7-3-4-12(9-16)10-18-2/h5-6,8,11-12,17H,3-4,7,9-10H2,1-2H3/t11-,12?/m1/s1. The first-order valence-corrected chi connectivity index (χ1v) is 6.58. The van der Waals surface area contributed by atoms with Gasteiger partial charge in [-0.25, -0.2) is 0 Å². The molecule has 1 aliphatic rings. The highest BCUT2D eigenvalue weighted by Gasteiger charge is 2.20. The lowest BCUT2D eigenvalue weighted by Crippen LogP contribution is -2.37. The number of hydrogen-bond donors (Lipinski definition) is 1. The molecule has 1 unspecified atom stereocenters. The van der Waals surface area contributed by atoms with Crippen LogP contribution in [0, 0.1) is 5.92 Å². The molecule has 1 fully saturated rings. The summed E-state index contributed by atoms with van der Waals surface area (Å²) >= 11 is 0. The molecule has 18 heavy (non-hydrogen) atoms. The summed E-state index contributed by atoms with van der Waals surface area (Å²) in [4.78, 5) is 6.65. The minimum atomic E-state index is -0.498. The third-order valence-electron chi connectivity index (χ3n) is 3.49. The number of aromatic nitrogens is 1. The maximum Gasteiger partial charge on any atom is 0.0931 e. The summed E-state index contributed by atoms with van der Waals surface area (Å²) in [5.41, 5.74) is 1.87. The van der Waals surface area contributed by atoms with Crippen molar-refractivity contribution in [3.8, 4) is 0 Å². The van der Waals surface area contributed by atoms with Gasteiger partial charge in [0.2, 0.25) is 0 Å². The number of rotatable bonds is 4.